The first kappa shape index (κ1) is 40.5. The summed E-state index contributed by atoms with van der Waals surface area (Å²) in [6.45, 7) is 4.04. The van der Waals surface area contributed by atoms with Crippen LogP contribution >= 0.6 is 0 Å². The number of hydrogen-bond acceptors (Lipinski definition) is 7. The van der Waals surface area contributed by atoms with Gasteiger partial charge in [-0.3, -0.25) is 9.59 Å². The Balaban J connectivity index is 1.32. The Morgan fingerprint density at radius 1 is 0.609 bits per heavy atom. The van der Waals surface area contributed by atoms with Crippen LogP contribution in [0.2, 0.25) is 0 Å². The number of allylic oxidation sites excluding steroid dienone is 2. The van der Waals surface area contributed by atoms with Gasteiger partial charge < -0.3 is 24.1 Å². The molecule has 2 saturated heterocycles. The Kier molecular flexibility index (Phi) is 24.0. The molecule has 2 aliphatic heterocycles. The number of carbonyl (C=O) groups excluding carboxylic acids is 2. The van der Waals surface area contributed by atoms with E-state index in [1.165, 1.54) is 64.2 Å². The Labute approximate surface area is 281 Å². The largest absolute Gasteiger partial charge is 0.462 e. The van der Waals surface area contributed by atoms with Crippen molar-refractivity contribution in [3.63, 3.8) is 0 Å². The van der Waals surface area contributed by atoms with E-state index in [1.54, 1.807) is 0 Å². The minimum absolute atomic E-state index is 0.0846. The molecule has 1 N–H and O–H groups in total. The fraction of sp³-hybridized carbons (Fsp3) is 0.846. The fourth-order valence-electron chi connectivity index (χ4n) is 5.92. The van der Waals surface area contributed by atoms with E-state index in [9.17, 15) is 14.7 Å². The van der Waals surface area contributed by atoms with Crippen LogP contribution in [0.5, 0.6) is 0 Å². The lowest BCUT2D eigenvalue weighted by molar-refractivity contribution is -0.161. The minimum Gasteiger partial charge on any atom is -0.462 e. The molecule has 2 rings (SSSR count). The molecule has 7 heteroatoms. The zero-order valence-corrected chi connectivity index (χ0v) is 29.5. The predicted octanol–water partition coefficient (Wildman–Crippen LogP) is 9.48. The van der Waals surface area contributed by atoms with E-state index in [4.69, 9.17) is 18.9 Å². The third kappa shape index (κ3) is 22.0. The summed E-state index contributed by atoms with van der Waals surface area (Å²) in [7, 11) is 0. The summed E-state index contributed by atoms with van der Waals surface area (Å²) in [6, 6.07) is 0. The minimum atomic E-state index is -0.789. The van der Waals surface area contributed by atoms with Crippen LogP contribution in [0.1, 0.15) is 168 Å². The summed E-state index contributed by atoms with van der Waals surface area (Å²) in [5.41, 5.74) is 0. The molecule has 0 aromatic carbocycles. The zero-order chi connectivity index (χ0) is 33.1. The van der Waals surface area contributed by atoms with Crippen LogP contribution in [0.3, 0.4) is 0 Å². The summed E-state index contributed by atoms with van der Waals surface area (Å²) in [5.74, 6) is -0.634. The Hall–Kier alpha value is -1.70. The predicted molar refractivity (Wildman–Crippen MR) is 186 cm³/mol. The molecule has 0 aliphatic carbocycles. The normalized spacial score (nSPS) is 21.2. The number of hydrogen-bond donors (Lipinski definition) is 1. The maximum Gasteiger partial charge on any atom is 0.306 e. The van der Waals surface area contributed by atoms with Crippen molar-refractivity contribution < 1.29 is 33.6 Å². The van der Waals surface area contributed by atoms with Crippen LogP contribution in [0, 0.1) is 0 Å². The highest BCUT2D eigenvalue weighted by Gasteiger charge is 2.37. The number of esters is 2. The van der Waals surface area contributed by atoms with E-state index in [0.29, 0.717) is 37.3 Å². The lowest BCUT2D eigenvalue weighted by atomic mass is 10.1. The first-order chi connectivity index (χ1) is 22.6. The van der Waals surface area contributed by atoms with Crippen LogP contribution in [0.4, 0.5) is 0 Å². The molecule has 2 fully saturated rings. The summed E-state index contributed by atoms with van der Waals surface area (Å²) in [4.78, 5) is 24.2. The van der Waals surface area contributed by atoms with Gasteiger partial charge in [0.1, 0.15) is 6.61 Å². The Morgan fingerprint density at radius 3 is 1.59 bits per heavy atom. The number of rotatable bonds is 32. The van der Waals surface area contributed by atoms with Gasteiger partial charge in [0.25, 0.3) is 0 Å². The van der Waals surface area contributed by atoms with Gasteiger partial charge in [0.2, 0.25) is 0 Å². The summed E-state index contributed by atoms with van der Waals surface area (Å²) < 4.78 is 22.0. The second kappa shape index (κ2) is 27.3. The highest BCUT2D eigenvalue weighted by molar-refractivity contribution is 5.70. The van der Waals surface area contributed by atoms with Gasteiger partial charge in [-0.05, 0) is 64.2 Å². The van der Waals surface area contributed by atoms with Gasteiger partial charge >= 0.3 is 11.9 Å². The van der Waals surface area contributed by atoms with Gasteiger partial charge in [-0.25, -0.2) is 0 Å². The lowest BCUT2D eigenvalue weighted by Gasteiger charge is -2.15. The Morgan fingerprint density at radius 2 is 1.09 bits per heavy atom. The van der Waals surface area contributed by atoms with E-state index in [1.807, 2.05) is 0 Å². The van der Waals surface area contributed by atoms with E-state index in [0.717, 1.165) is 77.0 Å². The molecule has 2 heterocycles. The maximum absolute atomic E-state index is 12.2. The summed E-state index contributed by atoms with van der Waals surface area (Å²) in [5, 5.41) is 9.55. The molecular formula is C39H68O7. The van der Waals surface area contributed by atoms with Crippen molar-refractivity contribution in [1.29, 1.82) is 0 Å². The van der Waals surface area contributed by atoms with E-state index in [-0.39, 0.29) is 25.2 Å². The Bertz CT molecular complexity index is 825. The average Bonchev–Trinajstić information content (AvgIpc) is 3.98. The third-order valence-corrected chi connectivity index (χ3v) is 9.07. The standard InChI is InChI=1S/C39H68O7/c1-3-5-19-25-34-36(45-34)27-21-15-11-7-9-13-17-23-29-38(41)43-32-33(31-40)44-39(42)30-24-18-14-10-8-12-16-22-28-37-35(46-37)26-20-6-4-2/h15-16,21-22,33-37,40H,3-14,17-20,23-32H2,1-2H3/t33?,34-,35-,36+,37+/m1/s1. The molecule has 7 nitrogen and oxygen atoms in total. The van der Waals surface area contributed by atoms with Crippen LogP contribution in [-0.4, -0.2) is 60.8 Å². The molecule has 46 heavy (non-hydrogen) atoms. The average molecular weight is 649 g/mol. The van der Waals surface area contributed by atoms with Crippen molar-refractivity contribution in [2.24, 2.45) is 0 Å². The van der Waals surface area contributed by atoms with Crippen LogP contribution in [-0.2, 0) is 28.5 Å². The van der Waals surface area contributed by atoms with Gasteiger partial charge in [0, 0.05) is 12.8 Å². The molecule has 5 atom stereocenters. The summed E-state index contributed by atoms with van der Waals surface area (Å²) in [6.07, 6.45) is 35.8. The zero-order valence-electron chi connectivity index (χ0n) is 29.5. The molecule has 0 bridgehead atoms. The molecule has 0 spiro atoms. The number of aliphatic hydroxyl groups is 1. The quantitative estimate of drug-likeness (QED) is 0.0336. The topological polar surface area (TPSA) is 97.9 Å². The first-order valence-corrected chi connectivity index (χ1v) is 19.1. The van der Waals surface area contributed by atoms with Gasteiger partial charge in [-0.15, -0.1) is 0 Å². The molecular weight excluding hydrogens is 580 g/mol. The molecule has 1 unspecified atom stereocenters. The third-order valence-electron chi connectivity index (χ3n) is 9.07. The molecule has 0 saturated carbocycles. The molecule has 0 aromatic heterocycles. The second-order valence-corrected chi connectivity index (χ2v) is 13.4. The molecule has 2 aliphatic rings. The van der Waals surface area contributed by atoms with Gasteiger partial charge in [0.05, 0.1) is 31.0 Å². The highest BCUT2D eigenvalue weighted by atomic mass is 16.6. The smallest absolute Gasteiger partial charge is 0.306 e. The maximum atomic E-state index is 12.2. The monoisotopic (exact) mass is 648 g/mol. The van der Waals surface area contributed by atoms with Crippen molar-refractivity contribution in [3.05, 3.63) is 24.3 Å². The van der Waals surface area contributed by atoms with Crippen molar-refractivity contribution in [3.8, 4) is 0 Å². The lowest BCUT2D eigenvalue weighted by Crippen LogP contribution is -2.28. The molecule has 0 amide bonds. The van der Waals surface area contributed by atoms with Crippen molar-refractivity contribution in [2.75, 3.05) is 13.2 Å². The fourth-order valence-corrected chi connectivity index (χ4v) is 5.92. The van der Waals surface area contributed by atoms with Gasteiger partial charge in [-0.1, -0.05) is 115 Å². The van der Waals surface area contributed by atoms with Crippen molar-refractivity contribution in [1.82, 2.24) is 0 Å². The van der Waals surface area contributed by atoms with E-state index in [2.05, 4.69) is 38.2 Å². The van der Waals surface area contributed by atoms with Crippen LogP contribution in [0.15, 0.2) is 24.3 Å². The van der Waals surface area contributed by atoms with Crippen LogP contribution in [0.25, 0.3) is 0 Å². The molecule has 0 aromatic rings. The van der Waals surface area contributed by atoms with E-state index >= 15 is 0 Å². The SMILES string of the molecule is CCCCC[C@H]1O[C@H]1CC=CCCCCCCCC(=O)OCC(CO)OC(=O)CCCCCCCC=CC[C@@H]1O[C@@H]1CCCCC. The van der Waals surface area contributed by atoms with Gasteiger partial charge in [-0.2, -0.15) is 0 Å². The van der Waals surface area contributed by atoms with Crippen molar-refractivity contribution in [2.45, 2.75) is 198 Å². The molecule has 266 valence electrons. The first-order valence-electron chi connectivity index (χ1n) is 19.1. The summed E-state index contributed by atoms with van der Waals surface area (Å²) >= 11 is 0. The number of aliphatic hydroxyl groups excluding tert-OH is 1. The second-order valence-electron chi connectivity index (χ2n) is 13.4. The highest BCUT2D eigenvalue weighted by Crippen LogP contribution is 2.31. The molecule has 0 radical (unpaired) electrons. The van der Waals surface area contributed by atoms with Gasteiger partial charge in [0.15, 0.2) is 6.10 Å². The number of unbranched alkanes of at least 4 members (excludes halogenated alkanes) is 14. The van der Waals surface area contributed by atoms with Crippen LogP contribution < -0.4 is 0 Å². The number of epoxide rings is 2. The number of ether oxygens (including phenoxy) is 4. The van der Waals surface area contributed by atoms with Crippen molar-refractivity contribution >= 4 is 11.9 Å². The number of carbonyl (C=O) groups is 2. The van der Waals surface area contributed by atoms with E-state index < -0.39 is 6.10 Å².